The molecule has 76 valence electrons. The van der Waals surface area contributed by atoms with Gasteiger partial charge in [0.15, 0.2) is 0 Å². The van der Waals surface area contributed by atoms with E-state index < -0.39 is 0 Å². The lowest BCUT2D eigenvalue weighted by Crippen LogP contribution is -2.05. The molecule has 0 bridgehead atoms. The first-order valence-electron chi connectivity index (χ1n) is 4.94. The Hall–Kier alpha value is -1.32. The Bertz CT molecular complexity index is 504. The molecular weight excluding hydrogens is 206 g/mol. The summed E-state index contributed by atoms with van der Waals surface area (Å²) >= 11 is 1.67. The van der Waals surface area contributed by atoms with Crippen LogP contribution in [-0.4, -0.2) is 5.11 Å². The number of anilines is 1. The van der Waals surface area contributed by atoms with Gasteiger partial charge >= 0.3 is 0 Å². The molecule has 0 unspecified atom stereocenters. The summed E-state index contributed by atoms with van der Waals surface area (Å²) in [5.41, 5.74) is 3.79. The zero-order chi connectivity index (χ0) is 10.3. The summed E-state index contributed by atoms with van der Waals surface area (Å²) in [7, 11) is 0. The van der Waals surface area contributed by atoms with Gasteiger partial charge in [-0.15, -0.1) is 11.3 Å². The standard InChI is InChI=1S/C12H11NOS/c14-7-9-5-11-12(15-9)10-4-2-1-3-8(10)6-13-11/h1-5,13-14H,6-7H2. The third-order valence-electron chi connectivity index (χ3n) is 2.67. The lowest BCUT2D eigenvalue weighted by Gasteiger charge is -2.17. The fourth-order valence-corrected chi connectivity index (χ4v) is 2.99. The fourth-order valence-electron chi connectivity index (χ4n) is 1.94. The van der Waals surface area contributed by atoms with Crippen molar-refractivity contribution in [2.24, 2.45) is 0 Å². The van der Waals surface area contributed by atoms with Crippen LogP contribution in [-0.2, 0) is 13.2 Å². The summed E-state index contributed by atoms with van der Waals surface area (Å²) in [6.07, 6.45) is 0. The maximum Gasteiger partial charge on any atom is 0.0775 e. The van der Waals surface area contributed by atoms with E-state index in [9.17, 15) is 0 Å². The zero-order valence-electron chi connectivity index (χ0n) is 8.16. The van der Waals surface area contributed by atoms with Gasteiger partial charge in [0.1, 0.15) is 0 Å². The normalized spacial score (nSPS) is 12.9. The second-order valence-corrected chi connectivity index (χ2v) is 4.76. The Morgan fingerprint density at radius 2 is 2.20 bits per heavy atom. The third-order valence-corrected chi connectivity index (χ3v) is 3.82. The molecule has 0 aliphatic carbocycles. The van der Waals surface area contributed by atoms with E-state index in [-0.39, 0.29) is 6.61 Å². The molecule has 1 aliphatic rings. The molecule has 0 amide bonds. The summed E-state index contributed by atoms with van der Waals surface area (Å²) in [4.78, 5) is 2.27. The van der Waals surface area contributed by atoms with E-state index in [0.717, 1.165) is 17.1 Å². The first-order valence-corrected chi connectivity index (χ1v) is 5.76. The van der Waals surface area contributed by atoms with Gasteiger partial charge in [-0.2, -0.15) is 0 Å². The van der Waals surface area contributed by atoms with Gasteiger partial charge in [-0.05, 0) is 17.2 Å². The molecule has 1 aromatic heterocycles. The van der Waals surface area contributed by atoms with Crippen molar-refractivity contribution >= 4 is 17.0 Å². The van der Waals surface area contributed by atoms with E-state index in [1.165, 1.54) is 16.0 Å². The van der Waals surface area contributed by atoms with Crippen molar-refractivity contribution in [3.8, 4) is 10.4 Å². The van der Waals surface area contributed by atoms with Crippen LogP contribution in [0, 0.1) is 0 Å². The number of aliphatic hydroxyl groups is 1. The molecule has 0 saturated heterocycles. The quantitative estimate of drug-likeness (QED) is 0.770. The van der Waals surface area contributed by atoms with Crippen molar-refractivity contribution < 1.29 is 5.11 Å². The highest BCUT2D eigenvalue weighted by Gasteiger charge is 2.17. The molecule has 1 aromatic carbocycles. The number of benzene rings is 1. The predicted octanol–water partition coefficient (Wildman–Crippen LogP) is 2.83. The van der Waals surface area contributed by atoms with E-state index >= 15 is 0 Å². The highest BCUT2D eigenvalue weighted by Crippen LogP contribution is 2.41. The number of hydrogen-bond acceptors (Lipinski definition) is 3. The lowest BCUT2D eigenvalue weighted by molar-refractivity contribution is 0.285. The predicted molar refractivity (Wildman–Crippen MR) is 63.0 cm³/mol. The number of nitrogens with one attached hydrogen (secondary N) is 1. The molecule has 1 aliphatic heterocycles. The highest BCUT2D eigenvalue weighted by molar-refractivity contribution is 7.16. The largest absolute Gasteiger partial charge is 0.391 e. The summed E-state index contributed by atoms with van der Waals surface area (Å²) in [5.74, 6) is 0. The fraction of sp³-hybridized carbons (Fsp3) is 0.167. The average Bonchev–Trinajstić information content (AvgIpc) is 2.72. The molecule has 3 rings (SSSR count). The lowest BCUT2D eigenvalue weighted by atomic mass is 10.0. The number of rotatable bonds is 1. The van der Waals surface area contributed by atoms with Gasteiger partial charge in [0.05, 0.1) is 17.2 Å². The van der Waals surface area contributed by atoms with Crippen LogP contribution in [0.4, 0.5) is 5.69 Å². The first kappa shape index (κ1) is 8.95. The molecule has 0 spiro atoms. The van der Waals surface area contributed by atoms with Crippen molar-refractivity contribution in [3.05, 3.63) is 40.8 Å². The van der Waals surface area contributed by atoms with Crippen LogP contribution in [0.2, 0.25) is 0 Å². The van der Waals surface area contributed by atoms with Crippen molar-refractivity contribution in [2.45, 2.75) is 13.2 Å². The van der Waals surface area contributed by atoms with E-state index in [1.807, 2.05) is 6.07 Å². The van der Waals surface area contributed by atoms with Crippen molar-refractivity contribution in [2.75, 3.05) is 5.32 Å². The van der Waals surface area contributed by atoms with E-state index in [1.54, 1.807) is 11.3 Å². The molecule has 15 heavy (non-hydrogen) atoms. The van der Waals surface area contributed by atoms with Crippen molar-refractivity contribution in [1.82, 2.24) is 0 Å². The SMILES string of the molecule is OCc1cc2c(s1)-c1ccccc1CN2. The summed E-state index contributed by atoms with van der Waals surface area (Å²) in [5, 5.41) is 12.5. The van der Waals surface area contributed by atoms with Crippen LogP contribution < -0.4 is 5.32 Å². The topological polar surface area (TPSA) is 32.3 Å². The molecule has 2 heterocycles. The molecule has 0 fully saturated rings. The van der Waals surface area contributed by atoms with Gasteiger partial charge in [0, 0.05) is 11.4 Å². The molecule has 0 saturated carbocycles. The van der Waals surface area contributed by atoms with E-state index in [2.05, 4.69) is 29.6 Å². The first-order chi connectivity index (χ1) is 7.38. The number of hydrogen-bond donors (Lipinski definition) is 2. The van der Waals surface area contributed by atoms with Gasteiger partial charge in [-0.25, -0.2) is 0 Å². The maximum atomic E-state index is 9.12. The monoisotopic (exact) mass is 217 g/mol. The minimum absolute atomic E-state index is 0.127. The van der Waals surface area contributed by atoms with Gasteiger partial charge in [-0.1, -0.05) is 24.3 Å². The van der Waals surface area contributed by atoms with Gasteiger partial charge < -0.3 is 10.4 Å². The van der Waals surface area contributed by atoms with E-state index in [0.29, 0.717) is 0 Å². The van der Waals surface area contributed by atoms with Crippen LogP contribution in [0.25, 0.3) is 10.4 Å². The van der Waals surface area contributed by atoms with Crippen LogP contribution >= 0.6 is 11.3 Å². The average molecular weight is 217 g/mol. The van der Waals surface area contributed by atoms with Gasteiger partial charge in [0.25, 0.3) is 0 Å². The van der Waals surface area contributed by atoms with Gasteiger partial charge in [0.2, 0.25) is 0 Å². The smallest absolute Gasteiger partial charge is 0.0775 e. The Labute approximate surface area is 92.2 Å². The number of aliphatic hydroxyl groups excluding tert-OH is 1. The van der Waals surface area contributed by atoms with Crippen LogP contribution in [0.15, 0.2) is 30.3 Å². The van der Waals surface area contributed by atoms with Crippen LogP contribution in [0.1, 0.15) is 10.4 Å². The van der Waals surface area contributed by atoms with Crippen LogP contribution in [0.3, 0.4) is 0 Å². The Kier molecular flexibility index (Phi) is 2.01. The number of thiophene rings is 1. The van der Waals surface area contributed by atoms with E-state index in [4.69, 9.17) is 5.11 Å². The minimum Gasteiger partial charge on any atom is -0.391 e. The summed E-state index contributed by atoms with van der Waals surface area (Å²) < 4.78 is 0. The Balaban J connectivity index is 2.20. The highest BCUT2D eigenvalue weighted by atomic mass is 32.1. The van der Waals surface area contributed by atoms with Crippen molar-refractivity contribution in [1.29, 1.82) is 0 Å². The Morgan fingerprint density at radius 1 is 1.33 bits per heavy atom. The maximum absolute atomic E-state index is 9.12. The molecule has 0 atom stereocenters. The molecule has 2 aromatic rings. The summed E-state index contributed by atoms with van der Waals surface area (Å²) in [6, 6.07) is 10.4. The number of fused-ring (bicyclic) bond motifs is 3. The minimum atomic E-state index is 0.127. The second kappa shape index (κ2) is 3.36. The molecule has 3 heteroatoms. The third kappa shape index (κ3) is 1.35. The molecule has 2 N–H and O–H groups in total. The van der Waals surface area contributed by atoms with Crippen molar-refractivity contribution in [3.63, 3.8) is 0 Å². The zero-order valence-corrected chi connectivity index (χ0v) is 8.97. The molecule has 0 radical (unpaired) electrons. The second-order valence-electron chi connectivity index (χ2n) is 3.62. The van der Waals surface area contributed by atoms with Crippen LogP contribution in [0.5, 0.6) is 0 Å². The Morgan fingerprint density at radius 3 is 3.07 bits per heavy atom. The molecule has 2 nitrogen and oxygen atoms in total. The molecular formula is C12H11NOS. The van der Waals surface area contributed by atoms with Gasteiger partial charge in [-0.3, -0.25) is 0 Å². The summed E-state index contributed by atoms with van der Waals surface area (Å²) in [6.45, 7) is 1.01.